The van der Waals surface area contributed by atoms with E-state index in [-0.39, 0.29) is 11.6 Å². The fourth-order valence-electron chi connectivity index (χ4n) is 1.29. The molecule has 0 fully saturated rings. The quantitative estimate of drug-likeness (QED) is 0.850. The Hall–Kier alpha value is -2.30. The molecular weight excluding hydrogens is 216 g/mol. The van der Waals surface area contributed by atoms with Crippen molar-refractivity contribution in [2.24, 2.45) is 0 Å². The molecule has 0 aliphatic carbocycles. The van der Waals surface area contributed by atoms with Crippen molar-refractivity contribution in [2.45, 2.75) is 13.8 Å². The fraction of sp³-hybridized carbons (Fsp3) is 0.167. The van der Waals surface area contributed by atoms with E-state index in [4.69, 9.17) is 0 Å². The number of anilines is 1. The van der Waals surface area contributed by atoms with Crippen LogP contribution in [-0.2, 0) is 0 Å². The van der Waals surface area contributed by atoms with Crippen LogP contribution in [0.2, 0.25) is 0 Å². The van der Waals surface area contributed by atoms with Gasteiger partial charge in [0.15, 0.2) is 0 Å². The maximum absolute atomic E-state index is 11.8. The van der Waals surface area contributed by atoms with Gasteiger partial charge < -0.3 is 5.32 Å². The molecule has 5 heteroatoms. The molecule has 17 heavy (non-hydrogen) atoms. The minimum absolute atomic E-state index is 0.277. The van der Waals surface area contributed by atoms with Gasteiger partial charge in [-0.3, -0.25) is 9.78 Å². The monoisotopic (exact) mass is 228 g/mol. The molecule has 0 atom stereocenters. The van der Waals surface area contributed by atoms with Gasteiger partial charge in [0.1, 0.15) is 11.5 Å². The molecule has 0 bridgehead atoms. The van der Waals surface area contributed by atoms with Gasteiger partial charge in [0.05, 0.1) is 11.9 Å². The summed E-state index contributed by atoms with van der Waals surface area (Å²) >= 11 is 0. The van der Waals surface area contributed by atoms with Crippen molar-refractivity contribution in [3.63, 3.8) is 0 Å². The molecule has 5 nitrogen and oxygen atoms in total. The van der Waals surface area contributed by atoms with Crippen LogP contribution < -0.4 is 5.32 Å². The molecule has 0 spiro atoms. The van der Waals surface area contributed by atoms with Crippen molar-refractivity contribution in [1.29, 1.82) is 0 Å². The maximum Gasteiger partial charge on any atom is 0.277 e. The number of aromatic nitrogens is 3. The Balaban J connectivity index is 2.14. The molecule has 1 N–H and O–H groups in total. The molecule has 0 radical (unpaired) electrons. The van der Waals surface area contributed by atoms with Crippen LogP contribution in [0.3, 0.4) is 0 Å². The highest BCUT2D eigenvalue weighted by molar-refractivity contribution is 6.02. The van der Waals surface area contributed by atoms with E-state index in [1.54, 1.807) is 18.5 Å². The molecule has 2 heterocycles. The van der Waals surface area contributed by atoms with Crippen LogP contribution in [0.15, 0.2) is 30.7 Å². The molecule has 2 rings (SSSR count). The van der Waals surface area contributed by atoms with Gasteiger partial charge in [-0.1, -0.05) is 0 Å². The van der Waals surface area contributed by atoms with Crippen LogP contribution >= 0.6 is 0 Å². The normalized spacial score (nSPS) is 10.0. The van der Waals surface area contributed by atoms with Crippen molar-refractivity contribution in [1.82, 2.24) is 15.0 Å². The van der Waals surface area contributed by atoms with E-state index in [0.717, 1.165) is 11.3 Å². The number of pyridine rings is 1. The van der Waals surface area contributed by atoms with Gasteiger partial charge in [-0.2, -0.15) is 0 Å². The average molecular weight is 228 g/mol. The first kappa shape index (κ1) is 11.2. The lowest BCUT2D eigenvalue weighted by Crippen LogP contribution is -2.15. The second kappa shape index (κ2) is 4.69. The number of carbonyl (C=O) groups excluding carboxylic acids is 1. The van der Waals surface area contributed by atoms with E-state index in [1.165, 1.54) is 6.20 Å². The Morgan fingerprint density at radius 1 is 1.18 bits per heavy atom. The van der Waals surface area contributed by atoms with Gasteiger partial charge in [0.2, 0.25) is 0 Å². The zero-order chi connectivity index (χ0) is 12.3. The number of carbonyl (C=O) groups is 1. The Morgan fingerprint density at radius 2 is 2.00 bits per heavy atom. The van der Waals surface area contributed by atoms with Crippen LogP contribution in [0, 0.1) is 13.8 Å². The Kier molecular flexibility index (Phi) is 3.09. The number of hydrogen-bond donors (Lipinski definition) is 1. The summed E-state index contributed by atoms with van der Waals surface area (Å²) < 4.78 is 0. The van der Waals surface area contributed by atoms with Crippen molar-refractivity contribution in [2.75, 3.05) is 5.32 Å². The summed E-state index contributed by atoms with van der Waals surface area (Å²) in [6.45, 7) is 3.75. The summed E-state index contributed by atoms with van der Waals surface area (Å²) in [5, 5.41) is 2.67. The van der Waals surface area contributed by atoms with Gasteiger partial charge in [-0.25, -0.2) is 9.97 Å². The lowest BCUT2D eigenvalue weighted by molar-refractivity contribution is 0.102. The predicted molar refractivity (Wildman–Crippen MR) is 63.7 cm³/mol. The lowest BCUT2D eigenvalue weighted by atomic mass is 10.3. The van der Waals surface area contributed by atoms with E-state index >= 15 is 0 Å². The number of amides is 1. The summed E-state index contributed by atoms with van der Waals surface area (Å²) in [6, 6.07) is 3.65. The topological polar surface area (TPSA) is 67.8 Å². The Morgan fingerprint density at radius 3 is 2.65 bits per heavy atom. The Labute approximate surface area is 99.0 Å². The van der Waals surface area contributed by atoms with Crippen LogP contribution in [0.25, 0.3) is 0 Å². The molecule has 0 saturated heterocycles. The minimum atomic E-state index is -0.310. The largest absolute Gasteiger partial charge is 0.305 e. The minimum Gasteiger partial charge on any atom is -0.305 e. The van der Waals surface area contributed by atoms with Crippen molar-refractivity contribution in [3.05, 3.63) is 47.7 Å². The van der Waals surface area contributed by atoms with Gasteiger partial charge >= 0.3 is 0 Å². The molecule has 0 aliphatic heterocycles. The molecule has 0 aromatic carbocycles. The first-order valence-corrected chi connectivity index (χ1v) is 5.18. The number of hydrogen-bond acceptors (Lipinski definition) is 4. The third kappa shape index (κ3) is 2.84. The number of nitrogens with zero attached hydrogens (tertiary/aromatic N) is 3. The molecule has 2 aromatic rings. The predicted octanol–water partition coefficient (Wildman–Crippen LogP) is 1.74. The van der Waals surface area contributed by atoms with E-state index in [0.29, 0.717) is 5.82 Å². The van der Waals surface area contributed by atoms with Crippen molar-refractivity contribution in [3.8, 4) is 0 Å². The van der Waals surface area contributed by atoms with E-state index < -0.39 is 0 Å². The first-order chi connectivity index (χ1) is 8.15. The zero-order valence-corrected chi connectivity index (χ0v) is 9.64. The van der Waals surface area contributed by atoms with Gasteiger partial charge in [-0.15, -0.1) is 0 Å². The SMILES string of the molecule is Cc1ccnc(NC(=O)c2cnc(C)cn2)c1. The number of aryl methyl sites for hydroxylation is 2. The molecule has 1 amide bonds. The second-order valence-electron chi connectivity index (χ2n) is 3.72. The molecule has 0 saturated carbocycles. The highest BCUT2D eigenvalue weighted by Gasteiger charge is 2.08. The summed E-state index contributed by atoms with van der Waals surface area (Å²) in [7, 11) is 0. The van der Waals surface area contributed by atoms with Gasteiger partial charge in [0.25, 0.3) is 5.91 Å². The van der Waals surface area contributed by atoms with Crippen LogP contribution in [0.5, 0.6) is 0 Å². The third-order valence-corrected chi connectivity index (χ3v) is 2.17. The zero-order valence-electron chi connectivity index (χ0n) is 9.64. The van der Waals surface area contributed by atoms with Crippen LogP contribution in [0.4, 0.5) is 5.82 Å². The van der Waals surface area contributed by atoms with Gasteiger partial charge in [0, 0.05) is 12.4 Å². The highest BCUT2D eigenvalue weighted by Crippen LogP contribution is 2.06. The van der Waals surface area contributed by atoms with E-state index in [9.17, 15) is 4.79 Å². The first-order valence-electron chi connectivity index (χ1n) is 5.18. The van der Waals surface area contributed by atoms with Crippen molar-refractivity contribution >= 4 is 11.7 Å². The highest BCUT2D eigenvalue weighted by atomic mass is 16.1. The smallest absolute Gasteiger partial charge is 0.277 e. The summed E-state index contributed by atoms with van der Waals surface area (Å²) in [5.41, 5.74) is 2.08. The van der Waals surface area contributed by atoms with Gasteiger partial charge in [-0.05, 0) is 31.5 Å². The summed E-state index contributed by atoms with van der Waals surface area (Å²) in [4.78, 5) is 23.8. The molecule has 86 valence electrons. The molecular formula is C12H12N4O. The van der Waals surface area contributed by atoms with Crippen molar-refractivity contribution < 1.29 is 4.79 Å². The maximum atomic E-state index is 11.8. The second-order valence-corrected chi connectivity index (χ2v) is 3.72. The lowest BCUT2D eigenvalue weighted by Gasteiger charge is -2.04. The summed E-state index contributed by atoms with van der Waals surface area (Å²) in [5.74, 6) is 0.202. The van der Waals surface area contributed by atoms with Crippen LogP contribution in [0.1, 0.15) is 21.7 Å². The molecule has 0 aliphatic rings. The number of rotatable bonds is 2. The third-order valence-electron chi connectivity index (χ3n) is 2.17. The molecule has 2 aromatic heterocycles. The number of nitrogens with one attached hydrogen (secondary N) is 1. The average Bonchev–Trinajstić information content (AvgIpc) is 2.29. The standard InChI is InChI=1S/C12H12N4O/c1-8-3-4-13-11(5-8)16-12(17)10-7-14-9(2)6-15-10/h3-7H,1-2H3,(H,13,16,17). The fourth-order valence-corrected chi connectivity index (χ4v) is 1.29. The molecule has 0 unspecified atom stereocenters. The van der Waals surface area contributed by atoms with Crippen LogP contribution in [-0.4, -0.2) is 20.9 Å². The summed E-state index contributed by atoms with van der Waals surface area (Å²) in [6.07, 6.45) is 4.64. The Bertz CT molecular complexity index is 536. The van der Waals surface area contributed by atoms with E-state index in [2.05, 4.69) is 20.3 Å². The van der Waals surface area contributed by atoms with E-state index in [1.807, 2.05) is 19.9 Å².